The zero-order valence-corrected chi connectivity index (χ0v) is 14.6. The lowest BCUT2D eigenvalue weighted by Crippen LogP contribution is -2.47. The molecule has 3 amide bonds. The minimum Gasteiger partial charge on any atom is -0.350 e. The molecule has 0 radical (unpaired) electrons. The first-order valence-electron chi connectivity index (χ1n) is 8.21. The molecule has 0 fully saturated rings. The molecular weight excluding hydrogens is 356 g/mol. The molecule has 2 aromatic rings. The van der Waals surface area contributed by atoms with Gasteiger partial charge in [0.05, 0.1) is 12.1 Å². The number of rotatable bonds is 7. The zero-order chi connectivity index (χ0) is 19.8. The normalized spacial score (nSPS) is 11.4. The third-order valence-corrected chi connectivity index (χ3v) is 3.67. The van der Waals surface area contributed by atoms with Crippen LogP contribution in [0.15, 0.2) is 48.5 Å². The van der Waals surface area contributed by atoms with Gasteiger partial charge in [-0.05, 0) is 24.6 Å². The molecule has 27 heavy (non-hydrogen) atoms. The van der Waals surface area contributed by atoms with Crippen LogP contribution >= 0.6 is 0 Å². The average molecular weight is 375 g/mol. The minimum atomic E-state index is -1.03. The second-order valence-electron chi connectivity index (χ2n) is 5.80. The van der Waals surface area contributed by atoms with Gasteiger partial charge in [0.1, 0.15) is 17.7 Å². The number of amides is 3. The zero-order valence-electron chi connectivity index (χ0n) is 14.6. The van der Waals surface area contributed by atoms with E-state index in [4.69, 9.17) is 0 Å². The Labute approximate surface area is 155 Å². The number of benzene rings is 2. The van der Waals surface area contributed by atoms with E-state index in [0.29, 0.717) is 12.6 Å². The molecule has 142 valence electrons. The Bertz CT molecular complexity index is 828. The van der Waals surface area contributed by atoms with Crippen molar-refractivity contribution in [2.45, 2.75) is 19.5 Å². The summed E-state index contributed by atoms with van der Waals surface area (Å²) in [4.78, 5) is 35.7. The summed E-state index contributed by atoms with van der Waals surface area (Å²) in [5, 5.41) is 7.32. The fourth-order valence-electron chi connectivity index (χ4n) is 2.23. The van der Waals surface area contributed by atoms with Crippen molar-refractivity contribution in [3.63, 3.8) is 0 Å². The Morgan fingerprint density at radius 3 is 2.37 bits per heavy atom. The maximum Gasteiger partial charge on any atom is 0.254 e. The summed E-state index contributed by atoms with van der Waals surface area (Å²) >= 11 is 0. The molecule has 0 aromatic heterocycles. The first-order chi connectivity index (χ1) is 12.9. The quantitative estimate of drug-likeness (QED) is 0.686. The van der Waals surface area contributed by atoms with Crippen LogP contribution in [-0.2, 0) is 16.1 Å². The molecule has 0 saturated carbocycles. The van der Waals surface area contributed by atoms with Gasteiger partial charge < -0.3 is 16.0 Å². The highest BCUT2D eigenvalue weighted by Gasteiger charge is 2.17. The molecule has 0 bridgehead atoms. The maximum atomic E-state index is 13.5. The monoisotopic (exact) mass is 375 g/mol. The van der Waals surface area contributed by atoms with Gasteiger partial charge in [0.25, 0.3) is 5.91 Å². The number of carbonyl (C=O) groups is 3. The summed E-state index contributed by atoms with van der Waals surface area (Å²) in [7, 11) is 0. The van der Waals surface area contributed by atoms with Crippen LogP contribution in [0.1, 0.15) is 22.8 Å². The first-order valence-corrected chi connectivity index (χ1v) is 8.21. The van der Waals surface area contributed by atoms with Crippen molar-refractivity contribution in [3.8, 4) is 0 Å². The lowest BCUT2D eigenvalue weighted by molar-refractivity contribution is -0.128. The molecule has 0 aliphatic carbocycles. The van der Waals surface area contributed by atoms with E-state index in [2.05, 4.69) is 16.0 Å². The van der Waals surface area contributed by atoms with E-state index in [1.165, 1.54) is 6.92 Å². The van der Waals surface area contributed by atoms with E-state index in [0.717, 1.165) is 17.7 Å². The van der Waals surface area contributed by atoms with Crippen molar-refractivity contribution < 1.29 is 23.2 Å². The number of nitrogens with one attached hydrogen (secondary N) is 3. The van der Waals surface area contributed by atoms with Crippen LogP contribution in [0.25, 0.3) is 0 Å². The van der Waals surface area contributed by atoms with Crippen LogP contribution in [0, 0.1) is 11.6 Å². The molecular formula is C19H19F2N3O3. The van der Waals surface area contributed by atoms with Crippen molar-refractivity contribution >= 4 is 17.7 Å². The van der Waals surface area contributed by atoms with Gasteiger partial charge in [-0.2, -0.15) is 0 Å². The summed E-state index contributed by atoms with van der Waals surface area (Å²) in [5.41, 5.74) is 0.538. The highest BCUT2D eigenvalue weighted by Crippen LogP contribution is 2.09. The third kappa shape index (κ3) is 6.18. The second-order valence-corrected chi connectivity index (χ2v) is 5.80. The third-order valence-electron chi connectivity index (χ3n) is 3.67. The smallest absolute Gasteiger partial charge is 0.254 e. The van der Waals surface area contributed by atoms with Gasteiger partial charge in [-0.25, -0.2) is 8.78 Å². The Morgan fingerprint density at radius 2 is 1.70 bits per heavy atom. The highest BCUT2D eigenvalue weighted by atomic mass is 19.1. The van der Waals surface area contributed by atoms with E-state index in [9.17, 15) is 23.2 Å². The highest BCUT2D eigenvalue weighted by molar-refractivity contribution is 5.97. The molecule has 0 spiro atoms. The summed E-state index contributed by atoms with van der Waals surface area (Å²) in [6, 6.07) is 10.9. The largest absolute Gasteiger partial charge is 0.350 e. The molecule has 0 aliphatic rings. The van der Waals surface area contributed by atoms with Crippen molar-refractivity contribution in [1.29, 1.82) is 0 Å². The predicted molar refractivity (Wildman–Crippen MR) is 94.6 cm³/mol. The van der Waals surface area contributed by atoms with Gasteiger partial charge in [-0.15, -0.1) is 0 Å². The molecule has 1 atom stereocenters. The van der Waals surface area contributed by atoms with Crippen molar-refractivity contribution in [2.75, 3.05) is 6.54 Å². The molecule has 2 rings (SSSR count). The van der Waals surface area contributed by atoms with Crippen LogP contribution in [0.4, 0.5) is 8.78 Å². The Morgan fingerprint density at radius 1 is 1.00 bits per heavy atom. The predicted octanol–water partition coefficient (Wildman–Crippen LogP) is 1.52. The lowest BCUT2D eigenvalue weighted by Gasteiger charge is -2.14. The van der Waals surface area contributed by atoms with Gasteiger partial charge in [0, 0.05) is 12.6 Å². The fourth-order valence-corrected chi connectivity index (χ4v) is 2.23. The number of carbonyl (C=O) groups excluding carboxylic acids is 3. The molecule has 3 N–H and O–H groups in total. The SMILES string of the molecule is CC(NC(=O)CNC(=O)c1ccc(F)cc1F)C(=O)NCc1ccccc1. The number of halogens is 2. The summed E-state index contributed by atoms with van der Waals surface area (Å²) < 4.78 is 26.4. The van der Waals surface area contributed by atoms with Crippen LogP contribution < -0.4 is 16.0 Å². The summed E-state index contributed by atoms with van der Waals surface area (Å²) in [6.45, 7) is 1.37. The van der Waals surface area contributed by atoms with Gasteiger partial charge in [-0.3, -0.25) is 14.4 Å². The number of hydrogen-bond acceptors (Lipinski definition) is 3. The standard InChI is InChI=1S/C19H19F2N3O3/c1-12(18(26)22-10-13-5-3-2-4-6-13)24-17(25)11-23-19(27)15-8-7-14(20)9-16(15)21/h2-9,12H,10-11H2,1H3,(H,22,26)(H,23,27)(H,24,25). The minimum absolute atomic E-state index is 0.320. The van der Waals surface area contributed by atoms with E-state index >= 15 is 0 Å². The summed E-state index contributed by atoms with van der Waals surface area (Å²) in [5.74, 6) is -3.70. The second kappa shape index (κ2) is 9.42. The van der Waals surface area contributed by atoms with E-state index in [1.807, 2.05) is 30.3 Å². The molecule has 0 aliphatic heterocycles. The number of hydrogen-bond donors (Lipinski definition) is 3. The van der Waals surface area contributed by atoms with Crippen LogP contribution in [0.2, 0.25) is 0 Å². The maximum absolute atomic E-state index is 13.5. The van der Waals surface area contributed by atoms with Gasteiger partial charge in [0.15, 0.2) is 0 Å². The molecule has 1 unspecified atom stereocenters. The summed E-state index contributed by atoms with van der Waals surface area (Å²) in [6.07, 6.45) is 0. The van der Waals surface area contributed by atoms with Crippen LogP contribution in [0.3, 0.4) is 0 Å². The van der Waals surface area contributed by atoms with Gasteiger partial charge in [-0.1, -0.05) is 30.3 Å². The van der Waals surface area contributed by atoms with Crippen molar-refractivity contribution in [1.82, 2.24) is 16.0 Å². The Kier molecular flexibility index (Phi) is 6.99. The van der Waals surface area contributed by atoms with Crippen molar-refractivity contribution in [3.05, 3.63) is 71.3 Å². The van der Waals surface area contributed by atoms with E-state index in [-0.39, 0.29) is 11.5 Å². The lowest BCUT2D eigenvalue weighted by atomic mass is 10.2. The Hall–Kier alpha value is -3.29. The Balaban J connectivity index is 1.77. The van der Waals surface area contributed by atoms with E-state index in [1.54, 1.807) is 0 Å². The molecule has 2 aromatic carbocycles. The van der Waals surface area contributed by atoms with Gasteiger partial charge >= 0.3 is 0 Å². The van der Waals surface area contributed by atoms with Crippen LogP contribution in [0.5, 0.6) is 0 Å². The molecule has 0 heterocycles. The van der Waals surface area contributed by atoms with Gasteiger partial charge in [0.2, 0.25) is 11.8 Å². The fraction of sp³-hybridized carbons (Fsp3) is 0.211. The van der Waals surface area contributed by atoms with E-state index < -0.39 is 36.0 Å². The molecule has 6 nitrogen and oxygen atoms in total. The molecule has 8 heteroatoms. The average Bonchev–Trinajstić information content (AvgIpc) is 2.65. The van der Waals surface area contributed by atoms with Crippen molar-refractivity contribution in [2.24, 2.45) is 0 Å². The first kappa shape index (κ1) is 20.0. The van der Waals surface area contributed by atoms with Crippen LogP contribution in [-0.4, -0.2) is 30.3 Å². The molecule has 0 saturated heterocycles. The topological polar surface area (TPSA) is 87.3 Å².